The summed E-state index contributed by atoms with van der Waals surface area (Å²) in [6.45, 7) is 14.4. The summed E-state index contributed by atoms with van der Waals surface area (Å²) < 4.78 is 7.54. The maximum atomic E-state index is 13.3. The van der Waals surface area contributed by atoms with Crippen molar-refractivity contribution >= 4 is 34.2 Å². The van der Waals surface area contributed by atoms with Gasteiger partial charge < -0.3 is 18.8 Å². The number of pyridine rings is 2. The molecule has 0 saturated carbocycles. The van der Waals surface area contributed by atoms with Gasteiger partial charge in [-0.3, -0.25) is 24.3 Å². The predicted octanol–water partition coefficient (Wildman–Crippen LogP) is 5.41. The van der Waals surface area contributed by atoms with Gasteiger partial charge in [0.25, 0.3) is 5.56 Å². The van der Waals surface area contributed by atoms with Crippen LogP contribution in [0, 0.1) is 26.2 Å². The van der Waals surface area contributed by atoms with Gasteiger partial charge in [0.05, 0.1) is 22.5 Å². The van der Waals surface area contributed by atoms with Crippen LogP contribution in [0.25, 0.3) is 11.0 Å². The second kappa shape index (κ2) is 12.4. The van der Waals surface area contributed by atoms with E-state index in [0.717, 1.165) is 58.9 Å². The number of hydrogen-bond acceptors (Lipinski definition) is 6. The molecule has 1 aromatic carbocycles. The zero-order valence-electron chi connectivity index (χ0n) is 26.9. The Morgan fingerprint density at radius 1 is 0.955 bits per heavy atom. The molecule has 3 aromatic heterocycles. The zero-order chi connectivity index (χ0) is 31.8. The Balaban J connectivity index is 1.34. The van der Waals surface area contributed by atoms with Crippen molar-refractivity contribution in [1.82, 2.24) is 14.5 Å². The minimum absolute atomic E-state index is 0.0390. The summed E-state index contributed by atoms with van der Waals surface area (Å²) in [5.41, 5.74) is 5.22. The molecule has 0 radical (unpaired) electrons. The predicted molar refractivity (Wildman–Crippen MR) is 174 cm³/mol. The molecule has 1 aliphatic rings. The Morgan fingerprint density at radius 3 is 2.45 bits per heavy atom. The van der Waals surface area contributed by atoms with Gasteiger partial charge in [0.2, 0.25) is 11.8 Å². The van der Waals surface area contributed by atoms with Crippen LogP contribution in [-0.2, 0) is 29.1 Å². The van der Waals surface area contributed by atoms with Gasteiger partial charge in [0, 0.05) is 51.2 Å². The van der Waals surface area contributed by atoms with Gasteiger partial charge in [-0.2, -0.15) is 0 Å². The van der Waals surface area contributed by atoms with E-state index in [1.807, 2.05) is 57.4 Å². The fourth-order valence-corrected chi connectivity index (χ4v) is 6.16. The molecule has 0 saturated heterocycles. The second-order valence-electron chi connectivity index (χ2n) is 12.4. The van der Waals surface area contributed by atoms with Crippen LogP contribution in [0.4, 0.5) is 11.4 Å². The minimum Gasteiger partial charge on any atom is -0.461 e. The summed E-state index contributed by atoms with van der Waals surface area (Å²) in [6.07, 6.45) is 5.38. The summed E-state index contributed by atoms with van der Waals surface area (Å²) in [5.74, 6) is 0.347. The number of nitrogens with zero attached hydrogens (tertiary/aromatic N) is 5. The lowest BCUT2D eigenvalue weighted by Crippen LogP contribution is -2.47. The van der Waals surface area contributed by atoms with Crippen LogP contribution in [0.15, 0.2) is 58.0 Å². The van der Waals surface area contributed by atoms with E-state index in [2.05, 4.69) is 28.9 Å². The standard InChI is InChI=1S/C35H43N5O4/c1-8-40-29-14-13-26(20-30(29)37(7)33(42)35(5,6)34(40)43)12-10-16-38(22-28-23(2)11-9-15-36-28)17-18-39-21-24(3)31-27(32(39)41)19-25(4)44-31/h9,11,13-15,19-21H,8,10,12,16-18,22H2,1-7H3. The van der Waals surface area contributed by atoms with Crippen LogP contribution in [0.2, 0.25) is 0 Å². The SMILES string of the molecule is CCN1C(=O)C(C)(C)C(=O)N(C)c2cc(CCCN(CCn3cc(C)c4oc(C)cc4c3=O)Cc3ncccc3C)ccc21. The smallest absolute Gasteiger partial charge is 0.261 e. The number of carbonyl (C=O) groups is 2. The van der Waals surface area contributed by atoms with Crippen LogP contribution < -0.4 is 15.4 Å². The Bertz CT molecular complexity index is 1770. The lowest BCUT2D eigenvalue weighted by atomic mass is 9.90. The van der Waals surface area contributed by atoms with Crippen molar-refractivity contribution in [2.75, 3.05) is 36.5 Å². The normalized spacial score (nSPS) is 14.9. The van der Waals surface area contributed by atoms with E-state index in [1.165, 1.54) is 0 Å². The molecule has 1 aliphatic heterocycles. The maximum absolute atomic E-state index is 13.3. The molecule has 9 nitrogen and oxygen atoms in total. The molecule has 4 heterocycles. The molecule has 0 fully saturated rings. The molecule has 2 amide bonds. The summed E-state index contributed by atoms with van der Waals surface area (Å²) in [5, 5.41) is 0.619. The first kappa shape index (κ1) is 31.2. The van der Waals surface area contributed by atoms with Gasteiger partial charge in [-0.05, 0) is 96.3 Å². The molecule has 0 N–H and O–H groups in total. The number of hydrogen-bond donors (Lipinski definition) is 0. The molecule has 0 aliphatic carbocycles. The second-order valence-corrected chi connectivity index (χ2v) is 12.4. The number of fused-ring (bicyclic) bond motifs is 2. The third-order valence-electron chi connectivity index (χ3n) is 8.77. The largest absolute Gasteiger partial charge is 0.461 e. The third kappa shape index (κ3) is 5.93. The van der Waals surface area contributed by atoms with Crippen molar-refractivity contribution in [1.29, 1.82) is 0 Å². The average molecular weight is 598 g/mol. The van der Waals surface area contributed by atoms with E-state index >= 15 is 0 Å². The Labute approximate surface area is 259 Å². The van der Waals surface area contributed by atoms with Gasteiger partial charge in [0.1, 0.15) is 16.8 Å². The first-order valence-electron chi connectivity index (χ1n) is 15.4. The molecule has 9 heteroatoms. The number of anilines is 2. The third-order valence-corrected chi connectivity index (χ3v) is 8.77. The van der Waals surface area contributed by atoms with E-state index in [1.54, 1.807) is 35.3 Å². The highest BCUT2D eigenvalue weighted by atomic mass is 16.3. The highest BCUT2D eigenvalue weighted by molar-refractivity contribution is 6.19. The van der Waals surface area contributed by atoms with Gasteiger partial charge in [-0.1, -0.05) is 12.1 Å². The fourth-order valence-electron chi connectivity index (χ4n) is 6.16. The quantitative estimate of drug-likeness (QED) is 0.227. The molecule has 0 spiro atoms. The van der Waals surface area contributed by atoms with E-state index in [9.17, 15) is 14.4 Å². The molecule has 4 aromatic rings. The van der Waals surface area contributed by atoms with Crippen molar-refractivity contribution < 1.29 is 14.0 Å². The number of amides is 2. The minimum atomic E-state index is -1.13. The van der Waals surface area contributed by atoms with Crippen LogP contribution in [0.5, 0.6) is 0 Å². The summed E-state index contributed by atoms with van der Waals surface area (Å²) >= 11 is 0. The maximum Gasteiger partial charge on any atom is 0.261 e. The highest BCUT2D eigenvalue weighted by Gasteiger charge is 2.45. The Morgan fingerprint density at radius 2 is 1.73 bits per heavy atom. The number of carbonyl (C=O) groups excluding carboxylic acids is 2. The van der Waals surface area contributed by atoms with E-state index in [-0.39, 0.29) is 17.4 Å². The lowest BCUT2D eigenvalue weighted by molar-refractivity contribution is -0.137. The number of rotatable bonds is 10. The van der Waals surface area contributed by atoms with Gasteiger partial charge in [-0.25, -0.2) is 0 Å². The fraction of sp³-hybridized carbons (Fsp3) is 0.429. The summed E-state index contributed by atoms with van der Waals surface area (Å²) in [4.78, 5) is 50.0. The number of benzene rings is 1. The molecular formula is C35H43N5O4. The van der Waals surface area contributed by atoms with E-state index in [4.69, 9.17) is 4.42 Å². The first-order valence-corrected chi connectivity index (χ1v) is 15.4. The monoisotopic (exact) mass is 597 g/mol. The average Bonchev–Trinajstić information content (AvgIpc) is 3.39. The van der Waals surface area contributed by atoms with Crippen molar-refractivity contribution in [2.45, 2.75) is 67.5 Å². The van der Waals surface area contributed by atoms with Crippen molar-refractivity contribution in [3.05, 3.63) is 87.3 Å². The number of furan rings is 1. The molecular weight excluding hydrogens is 554 g/mol. The number of aromatic nitrogens is 2. The molecule has 5 rings (SSSR count). The highest BCUT2D eigenvalue weighted by Crippen LogP contribution is 2.39. The van der Waals surface area contributed by atoms with Crippen molar-refractivity contribution in [2.24, 2.45) is 5.41 Å². The van der Waals surface area contributed by atoms with Gasteiger partial charge in [0.15, 0.2) is 0 Å². The molecule has 44 heavy (non-hydrogen) atoms. The molecule has 0 bridgehead atoms. The Hall–Kier alpha value is -4.24. The van der Waals surface area contributed by atoms with E-state index < -0.39 is 5.41 Å². The molecule has 232 valence electrons. The Kier molecular flexibility index (Phi) is 8.79. The first-order chi connectivity index (χ1) is 20.9. The number of aryl methyl sites for hydroxylation is 4. The summed E-state index contributed by atoms with van der Waals surface area (Å²) in [6, 6.07) is 11.9. The summed E-state index contributed by atoms with van der Waals surface area (Å²) in [7, 11) is 1.75. The molecule has 0 unspecified atom stereocenters. The van der Waals surface area contributed by atoms with Crippen molar-refractivity contribution in [3.63, 3.8) is 0 Å². The van der Waals surface area contributed by atoms with Crippen LogP contribution >= 0.6 is 0 Å². The zero-order valence-corrected chi connectivity index (χ0v) is 26.9. The van der Waals surface area contributed by atoms with Crippen LogP contribution in [0.3, 0.4) is 0 Å². The lowest BCUT2D eigenvalue weighted by Gasteiger charge is -2.27. The topological polar surface area (TPSA) is 91.9 Å². The van der Waals surface area contributed by atoms with Gasteiger partial charge >= 0.3 is 0 Å². The van der Waals surface area contributed by atoms with Crippen LogP contribution in [0.1, 0.15) is 55.3 Å². The molecule has 0 atom stereocenters. The van der Waals surface area contributed by atoms with Gasteiger partial charge in [-0.15, -0.1) is 0 Å². The van der Waals surface area contributed by atoms with Crippen LogP contribution in [-0.4, -0.2) is 52.9 Å². The van der Waals surface area contributed by atoms with Crippen molar-refractivity contribution in [3.8, 4) is 0 Å². The van der Waals surface area contributed by atoms with E-state index in [0.29, 0.717) is 37.1 Å².